The molecule has 0 saturated heterocycles. The number of methoxy groups -OCH3 is 1. The molecule has 0 atom stereocenters. The Bertz CT molecular complexity index is 739. The van der Waals surface area contributed by atoms with Gasteiger partial charge in [-0.2, -0.15) is 0 Å². The number of aromatic nitrogens is 4. The lowest BCUT2D eigenvalue weighted by Gasteiger charge is -2.02. The monoisotopic (exact) mass is 270 g/mol. The van der Waals surface area contributed by atoms with E-state index in [0.29, 0.717) is 17.6 Å². The van der Waals surface area contributed by atoms with Crippen LogP contribution in [0.1, 0.15) is 11.5 Å². The summed E-state index contributed by atoms with van der Waals surface area (Å²) >= 11 is 0. The molecule has 3 aromatic heterocycles. The summed E-state index contributed by atoms with van der Waals surface area (Å²) in [5, 5.41) is 9.69. The molecule has 0 spiro atoms. The number of aromatic amines is 1. The molecule has 0 aliphatic carbocycles. The molecule has 0 fully saturated rings. The van der Waals surface area contributed by atoms with Crippen molar-refractivity contribution in [3.8, 4) is 11.5 Å². The van der Waals surface area contributed by atoms with Crippen molar-refractivity contribution < 1.29 is 9.84 Å². The SMILES string of the molecule is COc1ccnc(CCc2nc3c(O)ccnc3[nH]2)c1. The maximum absolute atomic E-state index is 9.69. The van der Waals surface area contributed by atoms with Crippen LogP contribution in [0.15, 0.2) is 30.6 Å². The lowest BCUT2D eigenvalue weighted by molar-refractivity contribution is 0.413. The average molecular weight is 270 g/mol. The molecule has 6 heteroatoms. The van der Waals surface area contributed by atoms with E-state index in [4.69, 9.17) is 4.74 Å². The first-order chi connectivity index (χ1) is 9.76. The maximum Gasteiger partial charge on any atom is 0.161 e. The van der Waals surface area contributed by atoms with E-state index < -0.39 is 0 Å². The van der Waals surface area contributed by atoms with Gasteiger partial charge in [-0.15, -0.1) is 0 Å². The zero-order chi connectivity index (χ0) is 13.9. The quantitative estimate of drug-likeness (QED) is 0.756. The minimum absolute atomic E-state index is 0.136. The third-order valence-corrected chi connectivity index (χ3v) is 3.05. The Morgan fingerprint density at radius 1 is 1.20 bits per heavy atom. The van der Waals surface area contributed by atoms with Crippen molar-refractivity contribution in [1.82, 2.24) is 19.9 Å². The number of aryl methyl sites for hydroxylation is 2. The number of aromatic hydroxyl groups is 1. The highest BCUT2D eigenvalue weighted by molar-refractivity contribution is 5.77. The molecule has 6 nitrogen and oxygen atoms in total. The first kappa shape index (κ1) is 12.4. The molecule has 0 aliphatic rings. The number of nitrogens with one attached hydrogen (secondary N) is 1. The molecule has 0 radical (unpaired) electrons. The number of imidazole rings is 1. The van der Waals surface area contributed by atoms with E-state index in [0.717, 1.165) is 23.7 Å². The molecule has 0 aromatic carbocycles. The van der Waals surface area contributed by atoms with Crippen LogP contribution in [0.4, 0.5) is 0 Å². The van der Waals surface area contributed by atoms with Gasteiger partial charge in [-0.3, -0.25) is 4.98 Å². The Morgan fingerprint density at radius 3 is 2.85 bits per heavy atom. The fourth-order valence-corrected chi connectivity index (χ4v) is 2.03. The van der Waals surface area contributed by atoms with E-state index in [1.807, 2.05) is 12.1 Å². The highest BCUT2D eigenvalue weighted by atomic mass is 16.5. The molecule has 3 aromatic rings. The van der Waals surface area contributed by atoms with Crippen molar-refractivity contribution in [1.29, 1.82) is 0 Å². The van der Waals surface area contributed by atoms with Crippen LogP contribution >= 0.6 is 0 Å². The highest BCUT2D eigenvalue weighted by Gasteiger charge is 2.08. The van der Waals surface area contributed by atoms with Crippen LogP contribution in [0.3, 0.4) is 0 Å². The topological polar surface area (TPSA) is 83.9 Å². The second-order valence-electron chi connectivity index (χ2n) is 4.40. The third kappa shape index (κ3) is 2.40. The number of fused-ring (bicyclic) bond motifs is 1. The van der Waals surface area contributed by atoms with E-state index in [1.165, 1.54) is 6.07 Å². The van der Waals surface area contributed by atoms with E-state index in [-0.39, 0.29) is 5.75 Å². The zero-order valence-electron chi connectivity index (χ0n) is 11.0. The first-order valence-electron chi connectivity index (χ1n) is 6.28. The Morgan fingerprint density at radius 2 is 2.05 bits per heavy atom. The lowest BCUT2D eigenvalue weighted by Crippen LogP contribution is -1.96. The average Bonchev–Trinajstić information content (AvgIpc) is 2.90. The van der Waals surface area contributed by atoms with Gasteiger partial charge >= 0.3 is 0 Å². The summed E-state index contributed by atoms with van der Waals surface area (Å²) in [6, 6.07) is 5.24. The number of rotatable bonds is 4. The Balaban J connectivity index is 1.78. The van der Waals surface area contributed by atoms with Gasteiger partial charge in [0, 0.05) is 36.6 Å². The number of H-pyrrole nitrogens is 1. The fourth-order valence-electron chi connectivity index (χ4n) is 2.03. The summed E-state index contributed by atoms with van der Waals surface area (Å²) < 4.78 is 5.16. The minimum atomic E-state index is 0.136. The smallest absolute Gasteiger partial charge is 0.161 e. The summed E-state index contributed by atoms with van der Waals surface area (Å²) in [7, 11) is 1.63. The van der Waals surface area contributed by atoms with Gasteiger partial charge in [0.15, 0.2) is 5.65 Å². The molecule has 3 rings (SSSR count). The molecule has 20 heavy (non-hydrogen) atoms. The van der Waals surface area contributed by atoms with Gasteiger partial charge in [0.05, 0.1) is 7.11 Å². The van der Waals surface area contributed by atoms with Crippen molar-refractivity contribution in [2.24, 2.45) is 0 Å². The number of ether oxygens (including phenoxy) is 1. The largest absolute Gasteiger partial charge is 0.505 e. The molecule has 0 unspecified atom stereocenters. The minimum Gasteiger partial charge on any atom is -0.505 e. The summed E-state index contributed by atoms with van der Waals surface area (Å²) in [5.74, 6) is 1.70. The molecule has 3 heterocycles. The van der Waals surface area contributed by atoms with Crippen LogP contribution < -0.4 is 4.74 Å². The van der Waals surface area contributed by atoms with Crippen LogP contribution in [-0.4, -0.2) is 32.2 Å². The van der Waals surface area contributed by atoms with Crippen molar-refractivity contribution in [2.45, 2.75) is 12.8 Å². The normalized spacial score (nSPS) is 10.8. The standard InChI is InChI=1S/C14H14N4O2/c1-20-10-4-6-15-9(8-10)2-3-12-17-13-11(19)5-7-16-14(13)18-12/h4-8H,2-3H2,1H3,(H2,16,17,18,19). The van der Waals surface area contributed by atoms with Gasteiger partial charge in [-0.05, 0) is 12.5 Å². The molecule has 0 aliphatic heterocycles. The van der Waals surface area contributed by atoms with Crippen molar-refractivity contribution >= 4 is 11.2 Å². The van der Waals surface area contributed by atoms with Crippen molar-refractivity contribution in [2.75, 3.05) is 7.11 Å². The first-order valence-corrected chi connectivity index (χ1v) is 6.28. The van der Waals surface area contributed by atoms with Crippen LogP contribution in [0.25, 0.3) is 11.2 Å². The van der Waals surface area contributed by atoms with Gasteiger partial charge in [-0.25, -0.2) is 9.97 Å². The van der Waals surface area contributed by atoms with Crippen LogP contribution in [0.5, 0.6) is 11.5 Å². The predicted octanol–water partition coefficient (Wildman–Crippen LogP) is 1.85. The lowest BCUT2D eigenvalue weighted by atomic mass is 10.2. The van der Waals surface area contributed by atoms with E-state index in [1.54, 1.807) is 19.5 Å². The van der Waals surface area contributed by atoms with E-state index >= 15 is 0 Å². The third-order valence-electron chi connectivity index (χ3n) is 3.05. The van der Waals surface area contributed by atoms with Gasteiger partial charge in [0.2, 0.25) is 0 Å². The summed E-state index contributed by atoms with van der Waals surface area (Å²) in [6.45, 7) is 0. The fraction of sp³-hybridized carbons (Fsp3) is 0.214. The number of pyridine rings is 2. The Kier molecular flexibility index (Phi) is 3.20. The summed E-state index contributed by atoms with van der Waals surface area (Å²) in [6.07, 6.45) is 4.69. The molecule has 0 amide bonds. The van der Waals surface area contributed by atoms with E-state index in [2.05, 4.69) is 19.9 Å². The Labute approximate surface area is 115 Å². The second-order valence-corrected chi connectivity index (χ2v) is 4.40. The number of hydrogen-bond donors (Lipinski definition) is 2. The summed E-state index contributed by atoms with van der Waals surface area (Å²) in [5.41, 5.74) is 2.03. The molecule has 102 valence electrons. The molecular formula is C14H14N4O2. The van der Waals surface area contributed by atoms with E-state index in [9.17, 15) is 5.11 Å². The number of nitrogens with zero attached hydrogens (tertiary/aromatic N) is 3. The van der Waals surface area contributed by atoms with Crippen molar-refractivity contribution in [3.05, 3.63) is 42.1 Å². The molecular weight excluding hydrogens is 256 g/mol. The van der Waals surface area contributed by atoms with Crippen molar-refractivity contribution in [3.63, 3.8) is 0 Å². The number of hydrogen-bond acceptors (Lipinski definition) is 5. The van der Waals surface area contributed by atoms with Gasteiger partial charge < -0.3 is 14.8 Å². The van der Waals surface area contributed by atoms with Gasteiger partial charge in [-0.1, -0.05) is 0 Å². The maximum atomic E-state index is 9.69. The highest BCUT2D eigenvalue weighted by Crippen LogP contribution is 2.20. The van der Waals surface area contributed by atoms with Crippen LogP contribution in [-0.2, 0) is 12.8 Å². The molecule has 0 bridgehead atoms. The van der Waals surface area contributed by atoms with Gasteiger partial charge in [0.1, 0.15) is 22.8 Å². The Hall–Kier alpha value is -2.63. The zero-order valence-corrected chi connectivity index (χ0v) is 11.0. The van der Waals surface area contributed by atoms with Crippen LogP contribution in [0, 0.1) is 0 Å². The molecule has 0 saturated carbocycles. The summed E-state index contributed by atoms with van der Waals surface area (Å²) in [4.78, 5) is 15.9. The molecule has 2 N–H and O–H groups in total. The predicted molar refractivity (Wildman–Crippen MR) is 73.8 cm³/mol. The van der Waals surface area contributed by atoms with Crippen LogP contribution in [0.2, 0.25) is 0 Å². The second kappa shape index (κ2) is 5.16. The van der Waals surface area contributed by atoms with Gasteiger partial charge in [0.25, 0.3) is 0 Å².